The maximum absolute atomic E-state index is 5.20. The normalized spacial score (nSPS) is 9.83. The first-order valence-electron chi connectivity index (χ1n) is 11.0. The molecule has 3 radical (unpaired) electrons. The van der Waals surface area contributed by atoms with Gasteiger partial charge in [-0.1, -0.05) is 65.4 Å². The van der Waals surface area contributed by atoms with Crippen molar-refractivity contribution in [1.82, 2.24) is 4.98 Å². The van der Waals surface area contributed by atoms with Crippen LogP contribution in [-0.2, 0) is 61.3 Å². The van der Waals surface area contributed by atoms with Crippen LogP contribution in [0.3, 0.4) is 0 Å². The number of hydrogen-bond donors (Lipinski definition) is 0. The number of aromatic nitrogens is 1. The van der Waals surface area contributed by atoms with Crippen molar-refractivity contribution in [3.63, 3.8) is 0 Å². The van der Waals surface area contributed by atoms with Gasteiger partial charge in [-0.2, -0.15) is 29.8 Å². The molecular weight excluding hydrogens is 981 g/mol. The summed E-state index contributed by atoms with van der Waals surface area (Å²) in [4.78, 5) is 4.22. The van der Waals surface area contributed by atoms with Crippen LogP contribution in [0.15, 0.2) is 64.7 Å². The summed E-state index contributed by atoms with van der Waals surface area (Å²) >= 11 is 1.75. The molecule has 0 N–H and O–H groups in total. The standard InChI is InChI=1S/C10H10N.C10H9O.C10H9S.3Re/c3*1-7-5-9-3-4-11-10(9)6-8(7)2;;;/h3-6H,1-2H3;2*4-6H,1-2H3;;;/q3*-1;;;. The van der Waals surface area contributed by atoms with Gasteiger partial charge >= 0.3 is 0 Å². The minimum absolute atomic E-state index is 0. The number of hydrogen-bond acceptors (Lipinski definition) is 2. The molecule has 0 fully saturated rings. The average molecular weight is 1010 g/mol. The van der Waals surface area contributed by atoms with Crippen LogP contribution in [0.5, 0.6) is 0 Å². The summed E-state index contributed by atoms with van der Waals surface area (Å²) in [7, 11) is 0. The second-order valence-electron chi connectivity index (χ2n) is 8.57. The Morgan fingerprint density at radius 1 is 0.667 bits per heavy atom. The van der Waals surface area contributed by atoms with Crippen LogP contribution in [0.4, 0.5) is 0 Å². The SMILES string of the molecule is Cc1cc2[c-]coc2cc1C.Cc1cc2[c-]csc2cc1C.Cc1cc2cc[n-]c2cc1C.[Re].[Re].[Re]. The van der Waals surface area contributed by atoms with Crippen molar-refractivity contribution in [3.8, 4) is 0 Å². The van der Waals surface area contributed by atoms with Crippen molar-refractivity contribution in [2.75, 3.05) is 0 Å². The van der Waals surface area contributed by atoms with E-state index in [9.17, 15) is 0 Å². The van der Waals surface area contributed by atoms with E-state index >= 15 is 0 Å². The maximum Gasteiger partial charge on any atom is 0.0201 e. The van der Waals surface area contributed by atoms with E-state index < -0.39 is 0 Å². The third-order valence-corrected chi connectivity index (χ3v) is 6.93. The topological polar surface area (TPSA) is 27.2 Å². The Bertz CT molecular complexity index is 1250. The molecular formula is C30H28NORe3S-3. The fourth-order valence-electron chi connectivity index (χ4n) is 3.58. The molecule has 6 rings (SSSR count). The second-order valence-corrected chi connectivity index (χ2v) is 9.48. The minimum atomic E-state index is 0. The number of rotatable bonds is 0. The van der Waals surface area contributed by atoms with Gasteiger partial charge in [-0.3, -0.25) is 0 Å². The monoisotopic (exact) mass is 1010 g/mol. The van der Waals surface area contributed by atoms with E-state index in [4.69, 9.17) is 4.42 Å². The van der Waals surface area contributed by atoms with Crippen LogP contribution in [-0.4, -0.2) is 0 Å². The zero-order valence-electron chi connectivity index (χ0n) is 21.2. The largest absolute Gasteiger partial charge is 0.664 e. The van der Waals surface area contributed by atoms with Crippen molar-refractivity contribution in [1.29, 1.82) is 0 Å². The zero-order valence-corrected chi connectivity index (χ0v) is 30.1. The number of thiophene rings is 1. The third-order valence-electron chi connectivity index (χ3n) is 6.10. The second kappa shape index (κ2) is 14.6. The van der Waals surface area contributed by atoms with Gasteiger partial charge in [0.15, 0.2) is 0 Å². The smallest absolute Gasteiger partial charge is 0.0201 e. The molecule has 2 nitrogen and oxygen atoms in total. The Kier molecular flexibility index (Phi) is 13.2. The minimum Gasteiger partial charge on any atom is -0.664 e. The predicted octanol–water partition coefficient (Wildman–Crippen LogP) is 8.57. The van der Waals surface area contributed by atoms with Crippen molar-refractivity contribution in [2.24, 2.45) is 0 Å². The molecule has 0 bridgehead atoms. The van der Waals surface area contributed by atoms with Crippen molar-refractivity contribution >= 4 is 43.3 Å². The third kappa shape index (κ3) is 7.84. The van der Waals surface area contributed by atoms with E-state index in [-0.39, 0.29) is 61.3 Å². The molecule has 0 saturated heterocycles. The van der Waals surface area contributed by atoms with E-state index in [0.29, 0.717) is 0 Å². The molecule has 3 aromatic carbocycles. The van der Waals surface area contributed by atoms with Crippen molar-refractivity contribution in [2.45, 2.75) is 41.5 Å². The van der Waals surface area contributed by atoms with Gasteiger partial charge in [-0.05, 0) is 44.2 Å². The predicted molar refractivity (Wildman–Crippen MR) is 141 cm³/mol. The van der Waals surface area contributed by atoms with E-state index in [0.717, 1.165) is 16.5 Å². The van der Waals surface area contributed by atoms with Gasteiger partial charge in [0.25, 0.3) is 0 Å². The van der Waals surface area contributed by atoms with E-state index in [1.807, 2.05) is 23.7 Å². The molecule has 6 aromatic rings. The number of nitrogens with zero attached hydrogens (tertiary/aromatic N) is 1. The van der Waals surface area contributed by atoms with Gasteiger partial charge in [-0.15, -0.1) is 28.1 Å². The van der Waals surface area contributed by atoms with Gasteiger partial charge in [0.05, 0.1) is 0 Å². The quantitative estimate of drug-likeness (QED) is 0.143. The summed E-state index contributed by atoms with van der Waals surface area (Å²) in [5.74, 6) is 0. The van der Waals surface area contributed by atoms with Crippen LogP contribution in [0.25, 0.3) is 32.0 Å². The van der Waals surface area contributed by atoms with E-state index in [2.05, 4.69) is 89.0 Å². The molecule has 0 unspecified atom stereocenters. The Labute approximate surface area is 259 Å². The summed E-state index contributed by atoms with van der Waals surface area (Å²) in [5.41, 5.74) is 9.96. The summed E-state index contributed by atoms with van der Waals surface area (Å²) in [6, 6.07) is 21.1. The van der Waals surface area contributed by atoms with Crippen LogP contribution >= 0.6 is 11.3 Å². The number of benzene rings is 3. The Hall–Kier alpha value is -1.31. The molecule has 189 valence electrons. The van der Waals surface area contributed by atoms with Gasteiger partial charge < -0.3 is 9.40 Å². The summed E-state index contributed by atoms with van der Waals surface area (Å²) < 4.78 is 6.54. The molecule has 36 heavy (non-hydrogen) atoms. The van der Waals surface area contributed by atoms with Gasteiger partial charge in [0, 0.05) is 73.1 Å². The molecule has 0 aliphatic rings. The fourth-order valence-corrected chi connectivity index (χ4v) is 4.38. The summed E-state index contributed by atoms with van der Waals surface area (Å²) in [6.45, 7) is 12.7. The number of furan rings is 1. The Balaban J connectivity index is 0.000000259. The van der Waals surface area contributed by atoms with Crippen LogP contribution in [0, 0.1) is 53.7 Å². The first-order chi connectivity index (χ1) is 15.8. The van der Waals surface area contributed by atoms with E-state index in [1.54, 1.807) is 17.6 Å². The van der Waals surface area contributed by atoms with Crippen molar-refractivity contribution < 1.29 is 65.7 Å². The molecule has 3 heterocycles. The first kappa shape index (κ1) is 32.7. The van der Waals surface area contributed by atoms with E-state index in [1.165, 1.54) is 48.9 Å². The Morgan fingerprint density at radius 3 is 1.97 bits per heavy atom. The number of fused-ring (bicyclic) bond motifs is 3. The van der Waals surface area contributed by atoms with Crippen molar-refractivity contribution in [3.05, 3.63) is 106 Å². The molecule has 3 aromatic heterocycles. The molecule has 6 heteroatoms. The zero-order chi connectivity index (χ0) is 23.5. The fraction of sp³-hybridized carbons (Fsp3) is 0.200. The van der Waals surface area contributed by atoms with Crippen LogP contribution in [0.1, 0.15) is 33.4 Å². The molecule has 0 saturated carbocycles. The summed E-state index contributed by atoms with van der Waals surface area (Å²) in [5, 5.41) is 5.57. The van der Waals surface area contributed by atoms with Gasteiger partial charge in [0.2, 0.25) is 0 Å². The van der Waals surface area contributed by atoms with Crippen LogP contribution < -0.4 is 4.98 Å². The van der Waals surface area contributed by atoms with Crippen LogP contribution in [0.2, 0.25) is 0 Å². The first-order valence-corrected chi connectivity index (χ1v) is 11.9. The summed E-state index contributed by atoms with van der Waals surface area (Å²) in [6.07, 6.45) is 3.45. The average Bonchev–Trinajstić information content (AvgIpc) is 3.52. The molecule has 0 atom stereocenters. The molecule has 0 aliphatic carbocycles. The maximum atomic E-state index is 5.20. The Morgan fingerprint density at radius 2 is 1.25 bits per heavy atom. The molecule has 0 aliphatic heterocycles. The molecule has 0 spiro atoms. The number of aryl methyl sites for hydroxylation is 6. The molecule has 0 amide bonds. The van der Waals surface area contributed by atoms with Gasteiger partial charge in [-0.25, -0.2) is 11.3 Å². The van der Waals surface area contributed by atoms with Gasteiger partial charge in [0.1, 0.15) is 0 Å².